The van der Waals surface area contributed by atoms with Crippen LogP contribution in [0, 0.1) is 0 Å². The molecule has 1 atom stereocenters. The van der Waals surface area contributed by atoms with Gasteiger partial charge in [0, 0.05) is 13.1 Å². The number of carbonyl (C=O) groups excluding carboxylic acids is 2. The van der Waals surface area contributed by atoms with Crippen molar-refractivity contribution in [2.45, 2.75) is 63.8 Å². The number of hydrogen-bond acceptors (Lipinski definition) is 3. The largest absolute Gasteiger partial charge is 0.394 e. The van der Waals surface area contributed by atoms with Crippen molar-refractivity contribution in [1.82, 2.24) is 10.2 Å². The zero-order chi connectivity index (χ0) is 19.0. The molecule has 144 valence electrons. The summed E-state index contributed by atoms with van der Waals surface area (Å²) < 4.78 is 0. The molecule has 1 aromatic rings. The van der Waals surface area contributed by atoms with Gasteiger partial charge in [-0.15, -0.1) is 0 Å². The zero-order valence-electron chi connectivity index (χ0n) is 16.0. The molecule has 26 heavy (non-hydrogen) atoms. The second-order valence-corrected chi connectivity index (χ2v) is 7.19. The lowest BCUT2D eigenvalue weighted by Gasteiger charge is -2.32. The molecule has 0 saturated heterocycles. The molecule has 2 amide bonds. The smallest absolute Gasteiger partial charge is 0.247 e. The number of carbonyl (C=O) groups is 2. The summed E-state index contributed by atoms with van der Waals surface area (Å²) in [4.78, 5) is 27.7. The molecule has 2 N–H and O–H groups in total. The molecule has 0 aliphatic heterocycles. The van der Waals surface area contributed by atoms with E-state index in [2.05, 4.69) is 5.32 Å². The van der Waals surface area contributed by atoms with Gasteiger partial charge in [0.15, 0.2) is 0 Å². The molecule has 0 spiro atoms. The summed E-state index contributed by atoms with van der Waals surface area (Å²) in [5, 5.41) is 12.6. The molecular weight excluding hydrogens is 328 g/mol. The Kier molecular flexibility index (Phi) is 7.64. The maximum Gasteiger partial charge on any atom is 0.247 e. The van der Waals surface area contributed by atoms with Crippen LogP contribution in [0.5, 0.6) is 0 Å². The third-order valence-electron chi connectivity index (χ3n) is 5.30. The van der Waals surface area contributed by atoms with Crippen LogP contribution in [-0.2, 0) is 15.0 Å². The minimum absolute atomic E-state index is 0.137. The Morgan fingerprint density at radius 2 is 1.69 bits per heavy atom. The Bertz CT molecular complexity index is 576. The van der Waals surface area contributed by atoms with Crippen LogP contribution >= 0.6 is 0 Å². The lowest BCUT2D eigenvalue weighted by Crippen LogP contribution is -2.55. The molecule has 1 unspecified atom stereocenters. The quantitative estimate of drug-likeness (QED) is 0.711. The van der Waals surface area contributed by atoms with Gasteiger partial charge in [-0.05, 0) is 31.2 Å². The highest BCUT2D eigenvalue weighted by Gasteiger charge is 2.43. The number of aliphatic hydroxyl groups is 1. The van der Waals surface area contributed by atoms with E-state index in [1.54, 1.807) is 4.90 Å². The lowest BCUT2D eigenvalue weighted by molar-refractivity contribution is -0.139. The Morgan fingerprint density at radius 1 is 1.12 bits per heavy atom. The maximum atomic E-state index is 13.2. The molecule has 5 nitrogen and oxygen atoms in total. The first-order chi connectivity index (χ1) is 12.6. The van der Waals surface area contributed by atoms with E-state index in [1.165, 1.54) is 0 Å². The van der Waals surface area contributed by atoms with E-state index in [0.717, 1.165) is 44.1 Å². The molecule has 2 rings (SSSR count). The molecule has 0 radical (unpaired) electrons. The van der Waals surface area contributed by atoms with Gasteiger partial charge in [-0.3, -0.25) is 9.59 Å². The number of hydrogen-bond donors (Lipinski definition) is 2. The van der Waals surface area contributed by atoms with E-state index in [1.807, 2.05) is 44.2 Å². The Labute approximate surface area is 156 Å². The van der Waals surface area contributed by atoms with Crippen LogP contribution in [0.2, 0.25) is 0 Å². The average Bonchev–Trinajstić information content (AvgIpc) is 3.17. The molecule has 1 aliphatic rings. The summed E-state index contributed by atoms with van der Waals surface area (Å²) >= 11 is 0. The predicted molar refractivity (Wildman–Crippen MR) is 103 cm³/mol. The fourth-order valence-electron chi connectivity index (χ4n) is 3.96. The first-order valence-electron chi connectivity index (χ1n) is 9.85. The minimum atomic E-state index is -0.873. The fraction of sp³-hybridized carbons (Fsp3) is 0.619. The Hall–Kier alpha value is -1.88. The standard InChI is InChI=1S/C21H32N2O3/c1-3-14-23(15-4-2)19(25)18(16-24)22-20(26)21(12-8-9-13-21)17-10-6-5-7-11-17/h5-7,10-11,18,24H,3-4,8-9,12-16H2,1-2H3,(H,22,26). The fourth-order valence-corrected chi connectivity index (χ4v) is 3.96. The summed E-state index contributed by atoms with van der Waals surface area (Å²) in [6, 6.07) is 8.94. The van der Waals surface area contributed by atoms with E-state index in [0.29, 0.717) is 13.1 Å². The third kappa shape index (κ3) is 4.44. The number of rotatable bonds is 9. The van der Waals surface area contributed by atoms with E-state index < -0.39 is 11.5 Å². The molecule has 0 aromatic heterocycles. The molecular formula is C21H32N2O3. The number of nitrogens with one attached hydrogen (secondary N) is 1. The minimum Gasteiger partial charge on any atom is -0.394 e. The van der Waals surface area contributed by atoms with E-state index in [4.69, 9.17) is 0 Å². The van der Waals surface area contributed by atoms with Gasteiger partial charge < -0.3 is 15.3 Å². The van der Waals surface area contributed by atoms with Crippen molar-refractivity contribution in [1.29, 1.82) is 0 Å². The SMILES string of the molecule is CCCN(CCC)C(=O)C(CO)NC(=O)C1(c2ccccc2)CCCC1. The molecule has 5 heteroatoms. The van der Waals surface area contributed by atoms with Gasteiger partial charge in [-0.1, -0.05) is 57.0 Å². The second kappa shape index (κ2) is 9.72. The van der Waals surface area contributed by atoms with Gasteiger partial charge in [0.25, 0.3) is 0 Å². The van der Waals surface area contributed by atoms with Crippen molar-refractivity contribution < 1.29 is 14.7 Å². The highest BCUT2D eigenvalue weighted by atomic mass is 16.3. The van der Waals surface area contributed by atoms with Crippen molar-refractivity contribution in [3.05, 3.63) is 35.9 Å². The van der Waals surface area contributed by atoms with Crippen molar-refractivity contribution >= 4 is 11.8 Å². The van der Waals surface area contributed by atoms with Crippen LogP contribution in [0.15, 0.2) is 30.3 Å². The number of benzene rings is 1. The molecule has 1 fully saturated rings. The van der Waals surface area contributed by atoms with Crippen LogP contribution in [-0.4, -0.2) is 47.6 Å². The zero-order valence-corrected chi connectivity index (χ0v) is 16.0. The average molecular weight is 360 g/mol. The van der Waals surface area contributed by atoms with Gasteiger partial charge in [-0.2, -0.15) is 0 Å². The second-order valence-electron chi connectivity index (χ2n) is 7.19. The van der Waals surface area contributed by atoms with Gasteiger partial charge in [0.1, 0.15) is 6.04 Å². The Balaban J connectivity index is 2.17. The van der Waals surface area contributed by atoms with Crippen molar-refractivity contribution in [3.63, 3.8) is 0 Å². The van der Waals surface area contributed by atoms with E-state index in [-0.39, 0.29) is 18.4 Å². The summed E-state index contributed by atoms with van der Waals surface area (Å²) in [5.74, 6) is -0.327. The summed E-state index contributed by atoms with van der Waals surface area (Å²) in [6.07, 6.45) is 5.26. The van der Waals surface area contributed by atoms with E-state index >= 15 is 0 Å². The van der Waals surface area contributed by atoms with Gasteiger partial charge in [0.05, 0.1) is 12.0 Å². The van der Waals surface area contributed by atoms with Crippen LogP contribution < -0.4 is 5.32 Å². The van der Waals surface area contributed by atoms with Crippen molar-refractivity contribution in [2.24, 2.45) is 0 Å². The van der Waals surface area contributed by atoms with Crippen LogP contribution in [0.25, 0.3) is 0 Å². The van der Waals surface area contributed by atoms with Crippen LogP contribution in [0.4, 0.5) is 0 Å². The topological polar surface area (TPSA) is 69.6 Å². The predicted octanol–water partition coefficient (Wildman–Crippen LogP) is 2.62. The summed E-state index contributed by atoms with van der Waals surface area (Å²) in [6.45, 7) is 4.95. The normalized spacial score (nSPS) is 16.9. The maximum absolute atomic E-state index is 13.2. The third-order valence-corrected chi connectivity index (χ3v) is 5.30. The van der Waals surface area contributed by atoms with Crippen LogP contribution in [0.3, 0.4) is 0 Å². The van der Waals surface area contributed by atoms with Crippen molar-refractivity contribution in [2.75, 3.05) is 19.7 Å². The molecule has 0 heterocycles. The highest BCUT2D eigenvalue weighted by molar-refractivity contribution is 5.93. The molecule has 0 bridgehead atoms. The highest BCUT2D eigenvalue weighted by Crippen LogP contribution is 2.41. The number of amides is 2. The van der Waals surface area contributed by atoms with E-state index in [9.17, 15) is 14.7 Å². The van der Waals surface area contributed by atoms with Crippen LogP contribution in [0.1, 0.15) is 57.9 Å². The van der Waals surface area contributed by atoms with Gasteiger partial charge in [-0.25, -0.2) is 0 Å². The summed E-state index contributed by atoms with van der Waals surface area (Å²) in [5.41, 5.74) is 0.410. The number of aliphatic hydroxyl groups excluding tert-OH is 1. The first-order valence-corrected chi connectivity index (χ1v) is 9.85. The molecule has 1 saturated carbocycles. The van der Waals surface area contributed by atoms with Crippen molar-refractivity contribution in [3.8, 4) is 0 Å². The Morgan fingerprint density at radius 3 is 2.19 bits per heavy atom. The van der Waals surface area contributed by atoms with Gasteiger partial charge in [0.2, 0.25) is 11.8 Å². The lowest BCUT2D eigenvalue weighted by atomic mass is 9.78. The first kappa shape index (κ1) is 20.4. The summed E-state index contributed by atoms with van der Waals surface area (Å²) in [7, 11) is 0. The molecule has 1 aromatic carbocycles. The monoisotopic (exact) mass is 360 g/mol. The number of nitrogens with zero attached hydrogens (tertiary/aromatic N) is 1. The molecule has 1 aliphatic carbocycles. The van der Waals surface area contributed by atoms with Gasteiger partial charge >= 0.3 is 0 Å².